The summed E-state index contributed by atoms with van der Waals surface area (Å²) in [6.45, 7) is 9.55. The van der Waals surface area contributed by atoms with Gasteiger partial charge in [0.05, 0.1) is 6.42 Å². The van der Waals surface area contributed by atoms with Crippen LogP contribution in [0.3, 0.4) is 0 Å². The van der Waals surface area contributed by atoms with Crippen molar-refractivity contribution in [1.82, 2.24) is 5.32 Å². The van der Waals surface area contributed by atoms with E-state index >= 15 is 0 Å². The quantitative estimate of drug-likeness (QED) is 0.239. The van der Waals surface area contributed by atoms with Crippen LogP contribution in [-0.4, -0.2) is 60.9 Å². The highest BCUT2D eigenvalue weighted by molar-refractivity contribution is 6.60. The molecule has 0 heterocycles. The fourth-order valence-electron chi connectivity index (χ4n) is 2.65. The molecule has 1 aromatic carbocycles. The van der Waals surface area contributed by atoms with Gasteiger partial charge in [0.1, 0.15) is 19.0 Å². The lowest BCUT2D eigenvalue weighted by molar-refractivity contribution is -0.144. The maximum Gasteiger partial charge on any atom is 0.500 e. The van der Waals surface area contributed by atoms with Crippen LogP contribution in [0.1, 0.15) is 33.6 Å². The van der Waals surface area contributed by atoms with Crippen molar-refractivity contribution in [2.45, 2.75) is 39.7 Å². The van der Waals surface area contributed by atoms with Gasteiger partial charge < -0.3 is 28.1 Å². The molecular weight excluding hydrogens is 378 g/mol. The standard InChI is InChI=1S/C20H35NO6Si/c1-4-25-28(26-5-2,27-6-3)18-10-14-21-15-13-20(22)24-17-16-23-19-11-8-7-9-12-19/h7-9,11-12,21H,4-6,10,13-18H2,1-3H3. The number of nitrogens with one attached hydrogen (secondary N) is 1. The van der Waals surface area contributed by atoms with Gasteiger partial charge in [0, 0.05) is 32.4 Å². The number of benzene rings is 1. The maximum absolute atomic E-state index is 11.7. The van der Waals surface area contributed by atoms with Gasteiger partial charge in [-0.3, -0.25) is 4.79 Å². The SMILES string of the molecule is CCO[Si](CCCNCCC(=O)OCCOc1ccccc1)(OCC)OCC. The number of hydrogen-bond acceptors (Lipinski definition) is 7. The summed E-state index contributed by atoms with van der Waals surface area (Å²) in [6.07, 6.45) is 1.20. The second-order valence-corrected chi connectivity index (χ2v) is 8.70. The Kier molecular flexibility index (Phi) is 13.6. The molecule has 28 heavy (non-hydrogen) atoms. The lowest BCUT2D eigenvalue weighted by Crippen LogP contribution is -2.46. The Hall–Kier alpha value is -1.45. The minimum absolute atomic E-state index is 0.231. The van der Waals surface area contributed by atoms with Crippen LogP contribution < -0.4 is 10.1 Å². The Bertz CT molecular complexity index is 500. The Morgan fingerprint density at radius 3 is 2.18 bits per heavy atom. The molecule has 0 aliphatic rings. The van der Waals surface area contributed by atoms with Crippen LogP contribution in [0.2, 0.25) is 6.04 Å². The normalized spacial score (nSPS) is 11.4. The molecule has 0 aliphatic heterocycles. The molecule has 7 nitrogen and oxygen atoms in total. The van der Waals surface area contributed by atoms with Crippen LogP contribution >= 0.6 is 0 Å². The van der Waals surface area contributed by atoms with Crippen molar-refractivity contribution in [1.29, 1.82) is 0 Å². The van der Waals surface area contributed by atoms with Gasteiger partial charge >= 0.3 is 14.8 Å². The van der Waals surface area contributed by atoms with Crippen molar-refractivity contribution in [3.05, 3.63) is 30.3 Å². The zero-order valence-electron chi connectivity index (χ0n) is 17.4. The first-order chi connectivity index (χ1) is 13.7. The smallest absolute Gasteiger partial charge is 0.490 e. The molecule has 8 heteroatoms. The van der Waals surface area contributed by atoms with Crippen LogP contribution in [0.5, 0.6) is 5.75 Å². The number of carbonyl (C=O) groups excluding carboxylic acids is 1. The van der Waals surface area contributed by atoms with Crippen LogP contribution in [0.25, 0.3) is 0 Å². The Morgan fingerprint density at radius 1 is 0.929 bits per heavy atom. The van der Waals surface area contributed by atoms with Gasteiger partial charge in [-0.25, -0.2) is 0 Å². The molecule has 0 saturated carbocycles. The van der Waals surface area contributed by atoms with E-state index in [9.17, 15) is 4.79 Å². The average Bonchev–Trinajstić information content (AvgIpc) is 2.69. The first-order valence-corrected chi connectivity index (χ1v) is 12.0. The zero-order chi connectivity index (χ0) is 20.5. The minimum Gasteiger partial charge on any atom is -0.490 e. The molecule has 0 spiro atoms. The fraction of sp³-hybridized carbons (Fsp3) is 0.650. The molecule has 160 valence electrons. The summed E-state index contributed by atoms with van der Waals surface area (Å²) in [7, 11) is -2.57. The maximum atomic E-state index is 11.7. The Morgan fingerprint density at radius 2 is 1.57 bits per heavy atom. The molecule has 0 aliphatic carbocycles. The van der Waals surface area contributed by atoms with E-state index in [0.29, 0.717) is 39.4 Å². The van der Waals surface area contributed by atoms with Crippen LogP contribution in [0.4, 0.5) is 0 Å². The van der Waals surface area contributed by atoms with Crippen LogP contribution in [0.15, 0.2) is 30.3 Å². The molecule has 1 N–H and O–H groups in total. The van der Waals surface area contributed by atoms with Crippen molar-refractivity contribution in [3.8, 4) is 5.75 Å². The number of para-hydroxylation sites is 1. The predicted octanol–water partition coefficient (Wildman–Crippen LogP) is 3.03. The topological polar surface area (TPSA) is 75.3 Å². The zero-order valence-corrected chi connectivity index (χ0v) is 18.4. The van der Waals surface area contributed by atoms with Crippen LogP contribution in [-0.2, 0) is 22.8 Å². The number of esters is 1. The second-order valence-electron chi connectivity index (χ2n) is 5.97. The monoisotopic (exact) mass is 413 g/mol. The third kappa shape index (κ3) is 10.8. The second kappa shape index (κ2) is 15.5. The summed E-state index contributed by atoms with van der Waals surface area (Å²) in [5.41, 5.74) is 0. The largest absolute Gasteiger partial charge is 0.500 e. The Labute approximate surface area is 170 Å². The summed E-state index contributed by atoms with van der Waals surface area (Å²) in [6, 6.07) is 10.2. The van der Waals surface area contributed by atoms with Crippen LogP contribution in [0, 0.1) is 0 Å². The molecule has 0 radical (unpaired) electrons. The van der Waals surface area contributed by atoms with Crippen molar-refractivity contribution in [3.63, 3.8) is 0 Å². The lowest BCUT2D eigenvalue weighted by Gasteiger charge is -2.28. The summed E-state index contributed by atoms with van der Waals surface area (Å²) in [5, 5.41) is 3.25. The van der Waals surface area contributed by atoms with E-state index in [2.05, 4.69) is 5.32 Å². The van der Waals surface area contributed by atoms with Gasteiger partial charge in [0.15, 0.2) is 0 Å². The summed E-state index contributed by atoms with van der Waals surface area (Å²) >= 11 is 0. The van der Waals surface area contributed by atoms with E-state index in [-0.39, 0.29) is 12.6 Å². The first-order valence-electron chi connectivity index (χ1n) is 10.1. The summed E-state index contributed by atoms with van der Waals surface area (Å²) < 4.78 is 28.1. The highest BCUT2D eigenvalue weighted by Gasteiger charge is 2.39. The minimum atomic E-state index is -2.57. The van der Waals surface area contributed by atoms with E-state index in [1.807, 2.05) is 51.1 Å². The van der Waals surface area contributed by atoms with Crippen molar-refractivity contribution in [2.75, 3.05) is 46.1 Å². The van der Waals surface area contributed by atoms with Crippen molar-refractivity contribution < 1.29 is 27.5 Å². The third-order valence-corrected chi connectivity index (χ3v) is 6.94. The predicted molar refractivity (Wildman–Crippen MR) is 110 cm³/mol. The third-order valence-electron chi connectivity index (χ3n) is 3.79. The molecule has 0 unspecified atom stereocenters. The van der Waals surface area contributed by atoms with Gasteiger partial charge in [-0.15, -0.1) is 0 Å². The number of rotatable bonds is 17. The molecule has 0 saturated heterocycles. The molecule has 0 atom stereocenters. The van der Waals surface area contributed by atoms with Gasteiger partial charge in [-0.05, 0) is 45.9 Å². The number of hydrogen-bond donors (Lipinski definition) is 1. The van der Waals surface area contributed by atoms with Crippen molar-refractivity contribution >= 4 is 14.8 Å². The first kappa shape index (κ1) is 24.6. The summed E-state index contributed by atoms with van der Waals surface area (Å²) in [5.74, 6) is 0.539. The average molecular weight is 414 g/mol. The fourth-order valence-corrected chi connectivity index (χ4v) is 5.26. The van der Waals surface area contributed by atoms with E-state index < -0.39 is 8.80 Å². The van der Waals surface area contributed by atoms with Gasteiger partial charge in [0.25, 0.3) is 0 Å². The molecule has 0 fully saturated rings. The van der Waals surface area contributed by atoms with E-state index in [0.717, 1.165) is 24.8 Å². The molecule has 1 rings (SSSR count). The highest BCUT2D eigenvalue weighted by atomic mass is 28.4. The van der Waals surface area contributed by atoms with Crippen molar-refractivity contribution in [2.24, 2.45) is 0 Å². The lowest BCUT2D eigenvalue weighted by atomic mass is 10.3. The van der Waals surface area contributed by atoms with Gasteiger partial charge in [-0.1, -0.05) is 18.2 Å². The molecule has 1 aromatic rings. The number of ether oxygens (including phenoxy) is 2. The van der Waals surface area contributed by atoms with E-state index in [4.69, 9.17) is 22.8 Å². The number of carbonyl (C=O) groups is 1. The van der Waals surface area contributed by atoms with Gasteiger partial charge in [-0.2, -0.15) is 0 Å². The molecular formula is C20H35NO6Si. The molecule has 0 aromatic heterocycles. The summed E-state index contributed by atoms with van der Waals surface area (Å²) in [4.78, 5) is 11.7. The van der Waals surface area contributed by atoms with E-state index in [1.165, 1.54) is 0 Å². The van der Waals surface area contributed by atoms with Gasteiger partial charge in [0.2, 0.25) is 0 Å². The Balaban J connectivity index is 2.09. The molecule has 0 amide bonds. The molecule has 0 bridgehead atoms. The van der Waals surface area contributed by atoms with E-state index in [1.54, 1.807) is 0 Å². The highest BCUT2D eigenvalue weighted by Crippen LogP contribution is 2.17.